The lowest BCUT2D eigenvalue weighted by atomic mass is 10.1. The van der Waals surface area contributed by atoms with Crippen LogP contribution in [0, 0.1) is 5.92 Å². The molecule has 0 aromatic heterocycles. The number of carboxylic acid groups (broad SMARTS) is 1. The summed E-state index contributed by atoms with van der Waals surface area (Å²) in [4.78, 5) is 10.6. The third kappa shape index (κ3) is 5.47. The third-order valence-electron chi connectivity index (χ3n) is 3.01. The van der Waals surface area contributed by atoms with Crippen molar-refractivity contribution in [3.63, 3.8) is 0 Å². The standard InChI is InChI=1S/C15H19BrO3/c1-3-11(4-2)10-19-14-7-6-13(16)9-12(14)5-8-15(17)18/h5-9,11H,3-4,10H2,1-2H3,(H,17,18)/b8-5+. The molecule has 0 atom stereocenters. The number of carboxylic acids is 1. The fraction of sp³-hybridized carbons (Fsp3) is 0.400. The van der Waals surface area contributed by atoms with E-state index >= 15 is 0 Å². The van der Waals surface area contributed by atoms with Gasteiger partial charge < -0.3 is 9.84 Å². The molecule has 1 aromatic rings. The van der Waals surface area contributed by atoms with Crippen molar-refractivity contribution in [3.05, 3.63) is 34.3 Å². The zero-order chi connectivity index (χ0) is 14.3. The summed E-state index contributed by atoms with van der Waals surface area (Å²) in [6.07, 6.45) is 4.82. The number of benzene rings is 1. The molecule has 0 amide bonds. The highest BCUT2D eigenvalue weighted by molar-refractivity contribution is 9.10. The van der Waals surface area contributed by atoms with Crippen LogP contribution in [-0.4, -0.2) is 17.7 Å². The van der Waals surface area contributed by atoms with Crippen LogP contribution in [0.3, 0.4) is 0 Å². The smallest absolute Gasteiger partial charge is 0.328 e. The van der Waals surface area contributed by atoms with Gasteiger partial charge in [-0.2, -0.15) is 0 Å². The first-order valence-electron chi connectivity index (χ1n) is 6.40. The van der Waals surface area contributed by atoms with Gasteiger partial charge in [-0.05, 0) is 30.2 Å². The van der Waals surface area contributed by atoms with Crippen LogP contribution in [0.2, 0.25) is 0 Å². The molecule has 1 N–H and O–H groups in total. The Hall–Kier alpha value is -1.29. The van der Waals surface area contributed by atoms with Crippen LogP contribution in [0.5, 0.6) is 5.75 Å². The van der Waals surface area contributed by atoms with E-state index in [4.69, 9.17) is 9.84 Å². The summed E-state index contributed by atoms with van der Waals surface area (Å²) in [6, 6.07) is 5.59. The largest absolute Gasteiger partial charge is 0.493 e. The number of aliphatic carboxylic acids is 1. The second-order valence-corrected chi connectivity index (χ2v) is 5.26. The monoisotopic (exact) mass is 326 g/mol. The third-order valence-corrected chi connectivity index (χ3v) is 3.50. The highest BCUT2D eigenvalue weighted by Crippen LogP contribution is 2.25. The Morgan fingerprint density at radius 1 is 1.42 bits per heavy atom. The zero-order valence-electron chi connectivity index (χ0n) is 11.2. The van der Waals surface area contributed by atoms with Crippen LogP contribution >= 0.6 is 15.9 Å². The fourth-order valence-corrected chi connectivity index (χ4v) is 2.05. The van der Waals surface area contributed by atoms with E-state index in [1.807, 2.05) is 18.2 Å². The van der Waals surface area contributed by atoms with Gasteiger partial charge in [0.1, 0.15) is 5.75 Å². The summed E-state index contributed by atoms with van der Waals surface area (Å²) < 4.78 is 6.70. The summed E-state index contributed by atoms with van der Waals surface area (Å²) in [5.74, 6) is 0.276. The molecule has 104 valence electrons. The quantitative estimate of drug-likeness (QED) is 0.757. The molecule has 0 saturated heterocycles. The molecular weight excluding hydrogens is 308 g/mol. The second kappa shape index (κ2) is 8.00. The van der Waals surface area contributed by atoms with E-state index in [0.29, 0.717) is 18.3 Å². The van der Waals surface area contributed by atoms with Gasteiger partial charge >= 0.3 is 5.97 Å². The van der Waals surface area contributed by atoms with Crippen molar-refractivity contribution < 1.29 is 14.6 Å². The molecule has 0 spiro atoms. The van der Waals surface area contributed by atoms with Crippen LogP contribution < -0.4 is 4.74 Å². The van der Waals surface area contributed by atoms with Gasteiger partial charge in [-0.15, -0.1) is 0 Å². The molecule has 0 aliphatic heterocycles. The Balaban J connectivity index is 2.84. The average Bonchev–Trinajstić information content (AvgIpc) is 2.39. The minimum Gasteiger partial charge on any atom is -0.493 e. The Labute approximate surface area is 122 Å². The van der Waals surface area contributed by atoms with Crippen LogP contribution in [0.15, 0.2) is 28.7 Å². The molecule has 19 heavy (non-hydrogen) atoms. The second-order valence-electron chi connectivity index (χ2n) is 4.35. The Kier molecular flexibility index (Phi) is 6.64. The van der Waals surface area contributed by atoms with Gasteiger partial charge in [-0.1, -0.05) is 42.6 Å². The van der Waals surface area contributed by atoms with Gasteiger partial charge in [0.2, 0.25) is 0 Å². The number of ether oxygens (including phenoxy) is 1. The topological polar surface area (TPSA) is 46.5 Å². The summed E-state index contributed by atoms with van der Waals surface area (Å²) in [6.45, 7) is 4.94. The number of hydrogen-bond acceptors (Lipinski definition) is 2. The maximum absolute atomic E-state index is 10.6. The normalized spacial score (nSPS) is 11.2. The van der Waals surface area contributed by atoms with Gasteiger partial charge in [0.05, 0.1) is 6.61 Å². The molecular formula is C15H19BrO3. The molecule has 4 heteroatoms. The highest BCUT2D eigenvalue weighted by atomic mass is 79.9. The van der Waals surface area contributed by atoms with Crippen LogP contribution in [0.1, 0.15) is 32.3 Å². The first kappa shape index (κ1) is 15.8. The van der Waals surface area contributed by atoms with Gasteiger partial charge in [0.15, 0.2) is 0 Å². The molecule has 1 aromatic carbocycles. The minimum absolute atomic E-state index is 0.528. The number of hydrogen-bond donors (Lipinski definition) is 1. The summed E-state index contributed by atoms with van der Waals surface area (Å²) in [7, 11) is 0. The zero-order valence-corrected chi connectivity index (χ0v) is 12.8. The number of rotatable bonds is 7. The van der Waals surface area contributed by atoms with Crippen LogP contribution in [0.25, 0.3) is 6.08 Å². The van der Waals surface area contributed by atoms with Crippen LogP contribution in [0.4, 0.5) is 0 Å². The first-order chi connectivity index (χ1) is 9.06. The summed E-state index contributed by atoms with van der Waals surface area (Å²) >= 11 is 3.37. The number of halogens is 1. The average molecular weight is 327 g/mol. The van der Waals surface area contributed by atoms with Crippen molar-refractivity contribution in [1.29, 1.82) is 0 Å². The SMILES string of the molecule is CCC(CC)COc1ccc(Br)cc1/C=C/C(=O)O. The molecule has 0 fully saturated rings. The maximum atomic E-state index is 10.6. The Bertz CT molecular complexity index is 451. The molecule has 0 aliphatic rings. The van der Waals surface area contributed by atoms with E-state index in [9.17, 15) is 4.79 Å². The van der Waals surface area contributed by atoms with Gasteiger partial charge in [0, 0.05) is 16.1 Å². The van der Waals surface area contributed by atoms with E-state index in [1.54, 1.807) is 6.08 Å². The van der Waals surface area contributed by atoms with Crippen molar-refractivity contribution in [2.75, 3.05) is 6.61 Å². The van der Waals surface area contributed by atoms with Crippen molar-refractivity contribution in [2.45, 2.75) is 26.7 Å². The van der Waals surface area contributed by atoms with E-state index < -0.39 is 5.97 Å². The molecule has 0 unspecified atom stereocenters. The summed E-state index contributed by atoms with van der Waals surface area (Å²) in [5.41, 5.74) is 0.766. The minimum atomic E-state index is -0.967. The Morgan fingerprint density at radius 2 is 2.11 bits per heavy atom. The molecule has 3 nitrogen and oxygen atoms in total. The molecule has 0 heterocycles. The highest BCUT2D eigenvalue weighted by Gasteiger charge is 2.07. The van der Waals surface area contributed by atoms with E-state index in [1.165, 1.54) is 0 Å². The molecule has 0 aliphatic carbocycles. The molecule has 0 radical (unpaired) electrons. The molecule has 0 bridgehead atoms. The fourth-order valence-electron chi connectivity index (χ4n) is 1.67. The van der Waals surface area contributed by atoms with Crippen molar-refractivity contribution in [2.24, 2.45) is 5.92 Å². The van der Waals surface area contributed by atoms with Gasteiger partial charge in [0.25, 0.3) is 0 Å². The lowest BCUT2D eigenvalue weighted by Gasteiger charge is -2.15. The van der Waals surface area contributed by atoms with E-state index in [-0.39, 0.29) is 0 Å². The first-order valence-corrected chi connectivity index (χ1v) is 7.19. The lowest BCUT2D eigenvalue weighted by molar-refractivity contribution is -0.131. The van der Waals surface area contributed by atoms with Crippen molar-refractivity contribution in [3.8, 4) is 5.75 Å². The van der Waals surface area contributed by atoms with Gasteiger partial charge in [-0.25, -0.2) is 4.79 Å². The lowest BCUT2D eigenvalue weighted by Crippen LogP contribution is -2.10. The molecule has 0 saturated carbocycles. The number of carbonyl (C=O) groups is 1. The van der Waals surface area contributed by atoms with Crippen molar-refractivity contribution in [1.82, 2.24) is 0 Å². The summed E-state index contributed by atoms with van der Waals surface area (Å²) in [5, 5.41) is 8.69. The van der Waals surface area contributed by atoms with Crippen molar-refractivity contribution >= 4 is 28.0 Å². The Morgan fingerprint density at radius 3 is 2.68 bits per heavy atom. The maximum Gasteiger partial charge on any atom is 0.328 e. The van der Waals surface area contributed by atoms with Crippen LogP contribution in [-0.2, 0) is 4.79 Å². The van der Waals surface area contributed by atoms with E-state index in [0.717, 1.165) is 29.0 Å². The predicted molar refractivity (Wildman–Crippen MR) is 80.4 cm³/mol. The van der Waals surface area contributed by atoms with Gasteiger partial charge in [-0.3, -0.25) is 0 Å². The molecule has 1 rings (SSSR count). The van der Waals surface area contributed by atoms with E-state index in [2.05, 4.69) is 29.8 Å². The predicted octanol–water partition coefficient (Wildman–Crippen LogP) is 4.36.